The summed E-state index contributed by atoms with van der Waals surface area (Å²) in [5, 5.41) is 0. The van der Waals surface area contributed by atoms with Crippen LogP contribution in [0.2, 0.25) is 0 Å². The van der Waals surface area contributed by atoms with Crippen LogP contribution in [0.25, 0.3) is 0 Å². The van der Waals surface area contributed by atoms with Crippen molar-refractivity contribution >= 4 is 17.8 Å². The number of ether oxygens (including phenoxy) is 1. The molecule has 8 nitrogen and oxygen atoms in total. The highest BCUT2D eigenvalue weighted by Crippen LogP contribution is 2.23. The average molecular weight is 374 g/mol. The minimum absolute atomic E-state index is 0.180. The van der Waals surface area contributed by atoms with E-state index in [2.05, 4.69) is 0 Å². The fourth-order valence-electron chi connectivity index (χ4n) is 3.31. The highest BCUT2D eigenvalue weighted by molar-refractivity contribution is 5.96. The van der Waals surface area contributed by atoms with Gasteiger partial charge in [0.2, 0.25) is 5.91 Å². The van der Waals surface area contributed by atoms with Gasteiger partial charge in [-0.2, -0.15) is 0 Å². The van der Waals surface area contributed by atoms with E-state index in [1.54, 1.807) is 37.1 Å². The molecule has 8 heteroatoms. The van der Waals surface area contributed by atoms with Gasteiger partial charge in [0.25, 0.3) is 5.91 Å². The molecule has 0 radical (unpaired) electrons. The van der Waals surface area contributed by atoms with Crippen molar-refractivity contribution in [2.24, 2.45) is 0 Å². The van der Waals surface area contributed by atoms with E-state index in [9.17, 15) is 14.4 Å². The SMILES string of the molecule is COC(=O)c1cc(CN(C)C(=O)C2CCCN2C(=O)c2ccco2)oc1C. The zero-order valence-corrected chi connectivity index (χ0v) is 15.6. The van der Waals surface area contributed by atoms with Crippen LogP contribution >= 0.6 is 0 Å². The molecule has 0 aromatic carbocycles. The number of nitrogens with zero attached hydrogens (tertiary/aromatic N) is 2. The molecule has 1 saturated heterocycles. The standard InChI is InChI=1S/C19H22N2O6/c1-12-14(19(24)25-3)10-13(27-12)11-20(2)17(22)15-6-4-8-21(15)18(23)16-7-5-9-26-16/h5,7,9-10,15H,4,6,8,11H2,1-3H3. The van der Waals surface area contributed by atoms with Crippen LogP contribution in [0.5, 0.6) is 0 Å². The molecule has 0 spiro atoms. The number of rotatable bonds is 5. The van der Waals surface area contributed by atoms with Gasteiger partial charge in [-0.05, 0) is 38.0 Å². The Hall–Kier alpha value is -3.03. The molecule has 2 aromatic heterocycles. The summed E-state index contributed by atoms with van der Waals surface area (Å²) in [5.74, 6) is 0.190. The van der Waals surface area contributed by atoms with Gasteiger partial charge in [0.05, 0.1) is 19.9 Å². The molecule has 0 aliphatic carbocycles. The van der Waals surface area contributed by atoms with Gasteiger partial charge in [-0.3, -0.25) is 9.59 Å². The number of methoxy groups -OCH3 is 1. The fourth-order valence-corrected chi connectivity index (χ4v) is 3.31. The lowest BCUT2D eigenvalue weighted by molar-refractivity contribution is -0.134. The van der Waals surface area contributed by atoms with Crippen molar-refractivity contribution < 1.29 is 28.0 Å². The number of hydrogen-bond acceptors (Lipinski definition) is 6. The first kappa shape index (κ1) is 18.8. The van der Waals surface area contributed by atoms with E-state index in [1.807, 2.05) is 0 Å². The number of hydrogen-bond donors (Lipinski definition) is 0. The van der Waals surface area contributed by atoms with Crippen LogP contribution in [0.1, 0.15) is 45.3 Å². The molecule has 1 fully saturated rings. The topological polar surface area (TPSA) is 93.2 Å². The third-order valence-corrected chi connectivity index (χ3v) is 4.67. The fraction of sp³-hybridized carbons (Fsp3) is 0.421. The molecular weight excluding hydrogens is 352 g/mol. The molecule has 2 aromatic rings. The van der Waals surface area contributed by atoms with Gasteiger partial charge in [0.15, 0.2) is 5.76 Å². The predicted octanol–water partition coefficient (Wildman–Crippen LogP) is 2.23. The number of carbonyl (C=O) groups excluding carboxylic acids is 3. The Kier molecular flexibility index (Phi) is 5.34. The smallest absolute Gasteiger partial charge is 0.341 e. The highest BCUT2D eigenvalue weighted by atomic mass is 16.5. The molecule has 0 bridgehead atoms. The van der Waals surface area contributed by atoms with Crippen LogP contribution in [-0.2, 0) is 16.1 Å². The Bertz CT molecular complexity index is 839. The van der Waals surface area contributed by atoms with E-state index >= 15 is 0 Å². The first-order chi connectivity index (χ1) is 12.9. The summed E-state index contributed by atoms with van der Waals surface area (Å²) in [6, 6.07) is 4.27. The lowest BCUT2D eigenvalue weighted by Gasteiger charge is -2.27. The third kappa shape index (κ3) is 3.74. The number of amides is 2. The van der Waals surface area contributed by atoms with Gasteiger partial charge in [-0.1, -0.05) is 0 Å². The second-order valence-corrected chi connectivity index (χ2v) is 6.50. The summed E-state index contributed by atoms with van der Waals surface area (Å²) in [6.45, 7) is 2.37. The Morgan fingerprint density at radius 2 is 2.15 bits per heavy atom. The molecule has 3 rings (SSSR count). The number of likely N-dealkylation sites (N-methyl/N-ethyl adjacent to an activating group) is 1. The molecule has 0 saturated carbocycles. The van der Waals surface area contributed by atoms with Crippen LogP contribution in [0.3, 0.4) is 0 Å². The summed E-state index contributed by atoms with van der Waals surface area (Å²) in [4.78, 5) is 40.2. The Labute approximate surface area is 156 Å². The number of aryl methyl sites for hydroxylation is 1. The van der Waals surface area contributed by atoms with Crippen molar-refractivity contribution in [3.63, 3.8) is 0 Å². The number of esters is 1. The van der Waals surface area contributed by atoms with Gasteiger partial charge in [0.1, 0.15) is 23.1 Å². The molecule has 3 heterocycles. The molecule has 144 valence electrons. The Morgan fingerprint density at radius 3 is 2.81 bits per heavy atom. The first-order valence-corrected chi connectivity index (χ1v) is 8.69. The normalized spacial score (nSPS) is 16.4. The summed E-state index contributed by atoms with van der Waals surface area (Å²) < 4.78 is 15.4. The maximum atomic E-state index is 12.9. The maximum absolute atomic E-state index is 12.9. The summed E-state index contributed by atoms with van der Waals surface area (Å²) in [7, 11) is 2.95. The van der Waals surface area contributed by atoms with Crippen molar-refractivity contribution in [1.29, 1.82) is 0 Å². The van der Waals surface area contributed by atoms with E-state index in [4.69, 9.17) is 13.6 Å². The van der Waals surface area contributed by atoms with Crippen LogP contribution in [-0.4, -0.2) is 54.3 Å². The van der Waals surface area contributed by atoms with Crippen molar-refractivity contribution in [1.82, 2.24) is 9.80 Å². The van der Waals surface area contributed by atoms with Gasteiger partial charge in [-0.25, -0.2) is 4.79 Å². The molecule has 1 aliphatic rings. The van der Waals surface area contributed by atoms with Crippen molar-refractivity contribution in [2.45, 2.75) is 32.4 Å². The lowest BCUT2D eigenvalue weighted by atomic mass is 10.2. The Balaban J connectivity index is 1.69. The molecule has 1 atom stereocenters. The molecule has 0 N–H and O–H groups in total. The Morgan fingerprint density at radius 1 is 1.37 bits per heavy atom. The van der Waals surface area contributed by atoms with Crippen molar-refractivity contribution in [3.05, 3.63) is 47.3 Å². The number of carbonyl (C=O) groups is 3. The zero-order chi connectivity index (χ0) is 19.6. The molecular formula is C19H22N2O6. The number of likely N-dealkylation sites (tertiary alicyclic amines) is 1. The minimum Gasteiger partial charge on any atom is -0.465 e. The maximum Gasteiger partial charge on any atom is 0.341 e. The van der Waals surface area contributed by atoms with Gasteiger partial charge >= 0.3 is 5.97 Å². The van der Waals surface area contributed by atoms with E-state index in [1.165, 1.54) is 18.3 Å². The van der Waals surface area contributed by atoms with Crippen LogP contribution in [0.15, 0.2) is 33.3 Å². The first-order valence-electron chi connectivity index (χ1n) is 8.69. The van der Waals surface area contributed by atoms with Gasteiger partial charge in [0, 0.05) is 13.6 Å². The number of furan rings is 2. The van der Waals surface area contributed by atoms with Gasteiger partial charge < -0.3 is 23.4 Å². The van der Waals surface area contributed by atoms with Crippen LogP contribution in [0, 0.1) is 6.92 Å². The van der Waals surface area contributed by atoms with Crippen LogP contribution in [0.4, 0.5) is 0 Å². The van der Waals surface area contributed by atoms with E-state index in [0.717, 1.165) is 6.42 Å². The summed E-state index contributed by atoms with van der Waals surface area (Å²) in [5.41, 5.74) is 0.337. The summed E-state index contributed by atoms with van der Waals surface area (Å²) in [6.07, 6.45) is 2.79. The minimum atomic E-state index is -0.538. The summed E-state index contributed by atoms with van der Waals surface area (Å²) >= 11 is 0. The van der Waals surface area contributed by atoms with E-state index in [0.29, 0.717) is 30.0 Å². The van der Waals surface area contributed by atoms with Crippen LogP contribution < -0.4 is 0 Å². The monoisotopic (exact) mass is 374 g/mol. The highest BCUT2D eigenvalue weighted by Gasteiger charge is 2.37. The molecule has 27 heavy (non-hydrogen) atoms. The molecule has 2 amide bonds. The van der Waals surface area contributed by atoms with Gasteiger partial charge in [-0.15, -0.1) is 0 Å². The average Bonchev–Trinajstić information content (AvgIpc) is 3.40. The van der Waals surface area contributed by atoms with Crippen molar-refractivity contribution in [3.8, 4) is 0 Å². The zero-order valence-electron chi connectivity index (χ0n) is 15.6. The second-order valence-electron chi connectivity index (χ2n) is 6.50. The van der Waals surface area contributed by atoms with E-state index in [-0.39, 0.29) is 24.1 Å². The predicted molar refractivity (Wildman–Crippen MR) is 94.0 cm³/mol. The largest absolute Gasteiger partial charge is 0.465 e. The lowest BCUT2D eigenvalue weighted by Crippen LogP contribution is -2.46. The molecule has 1 aliphatic heterocycles. The second kappa shape index (κ2) is 7.69. The third-order valence-electron chi connectivity index (χ3n) is 4.67. The van der Waals surface area contributed by atoms with E-state index < -0.39 is 12.0 Å². The quantitative estimate of drug-likeness (QED) is 0.745. The molecule has 1 unspecified atom stereocenters. The van der Waals surface area contributed by atoms with Crippen molar-refractivity contribution in [2.75, 3.05) is 20.7 Å².